The third-order valence-corrected chi connectivity index (χ3v) is 6.14. The van der Waals surface area contributed by atoms with Crippen LogP contribution in [-0.4, -0.2) is 72.5 Å². The van der Waals surface area contributed by atoms with E-state index in [4.69, 9.17) is 9.47 Å². The van der Waals surface area contributed by atoms with E-state index in [0.29, 0.717) is 37.7 Å². The molecule has 0 saturated carbocycles. The summed E-state index contributed by atoms with van der Waals surface area (Å²) in [6.45, 7) is 5.65. The molecule has 1 N–H and O–H groups in total. The van der Waals surface area contributed by atoms with E-state index in [2.05, 4.69) is 5.32 Å². The summed E-state index contributed by atoms with van der Waals surface area (Å²) in [5.41, 5.74) is 0.901. The SMILES string of the molecule is CC(C)[C@@H](NC(=O)Cc1ccccc1)C(=O)N1CCN(C(=O)[C@@H]2COc3ccccc3O2)CC1. The third-order valence-electron chi connectivity index (χ3n) is 6.14. The summed E-state index contributed by atoms with van der Waals surface area (Å²) < 4.78 is 11.5. The number of piperazine rings is 1. The largest absolute Gasteiger partial charge is 0.485 e. The van der Waals surface area contributed by atoms with E-state index < -0.39 is 12.1 Å². The van der Waals surface area contributed by atoms with Crippen LogP contribution in [-0.2, 0) is 20.8 Å². The minimum atomic E-state index is -0.696. The Kier molecular flexibility index (Phi) is 7.35. The molecule has 8 heteroatoms. The van der Waals surface area contributed by atoms with Gasteiger partial charge in [0.2, 0.25) is 17.9 Å². The monoisotopic (exact) mass is 465 g/mol. The Hall–Kier alpha value is -3.55. The molecule has 2 atom stereocenters. The lowest BCUT2D eigenvalue weighted by molar-refractivity contribution is -0.147. The maximum atomic E-state index is 13.2. The number of carbonyl (C=O) groups is 3. The number of nitrogens with one attached hydrogen (secondary N) is 1. The Labute approximate surface area is 199 Å². The first-order valence-electron chi connectivity index (χ1n) is 11.7. The van der Waals surface area contributed by atoms with Crippen molar-refractivity contribution in [1.82, 2.24) is 15.1 Å². The zero-order valence-electron chi connectivity index (χ0n) is 19.6. The molecular weight excluding hydrogens is 434 g/mol. The molecule has 8 nitrogen and oxygen atoms in total. The number of hydrogen-bond acceptors (Lipinski definition) is 5. The fourth-order valence-corrected chi connectivity index (χ4v) is 4.21. The lowest BCUT2D eigenvalue weighted by atomic mass is 10.0. The third kappa shape index (κ3) is 5.50. The molecule has 0 aromatic heterocycles. The first kappa shape index (κ1) is 23.6. The normalized spacial score (nSPS) is 18.4. The van der Waals surface area contributed by atoms with E-state index in [1.165, 1.54) is 0 Å². The summed E-state index contributed by atoms with van der Waals surface area (Å²) in [4.78, 5) is 42.2. The van der Waals surface area contributed by atoms with E-state index in [0.717, 1.165) is 5.56 Å². The molecule has 0 spiro atoms. The van der Waals surface area contributed by atoms with Crippen LogP contribution >= 0.6 is 0 Å². The Balaban J connectivity index is 1.30. The molecule has 0 aliphatic carbocycles. The predicted molar refractivity (Wildman–Crippen MR) is 126 cm³/mol. The molecule has 1 fully saturated rings. The number of ether oxygens (including phenoxy) is 2. The molecule has 0 bridgehead atoms. The van der Waals surface area contributed by atoms with Gasteiger partial charge in [-0.2, -0.15) is 0 Å². The van der Waals surface area contributed by atoms with Crippen molar-refractivity contribution in [1.29, 1.82) is 0 Å². The first-order chi connectivity index (χ1) is 16.4. The second-order valence-corrected chi connectivity index (χ2v) is 8.97. The van der Waals surface area contributed by atoms with Crippen molar-refractivity contribution >= 4 is 17.7 Å². The van der Waals surface area contributed by atoms with Gasteiger partial charge in [0, 0.05) is 26.2 Å². The van der Waals surface area contributed by atoms with Crippen molar-refractivity contribution in [3.63, 3.8) is 0 Å². The first-order valence-corrected chi connectivity index (χ1v) is 11.7. The summed E-state index contributed by atoms with van der Waals surface area (Å²) in [5.74, 6) is 0.706. The molecule has 2 aliphatic heterocycles. The number of hydrogen-bond donors (Lipinski definition) is 1. The molecule has 0 radical (unpaired) electrons. The highest BCUT2D eigenvalue weighted by molar-refractivity contribution is 5.89. The molecule has 2 aliphatic rings. The number of benzene rings is 2. The Morgan fingerprint density at radius 3 is 2.21 bits per heavy atom. The van der Waals surface area contributed by atoms with E-state index in [1.54, 1.807) is 15.9 Å². The Bertz CT molecular complexity index is 1020. The van der Waals surface area contributed by atoms with Crippen molar-refractivity contribution in [2.24, 2.45) is 5.92 Å². The number of para-hydroxylation sites is 2. The van der Waals surface area contributed by atoms with Gasteiger partial charge < -0.3 is 24.6 Å². The highest BCUT2D eigenvalue weighted by Gasteiger charge is 2.35. The highest BCUT2D eigenvalue weighted by atomic mass is 16.6. The molecule has 0 unspecified atom stereocenters. The fraction of sp³-hybridized carbons (Fsp3) is 0.423. The number of fused-ring (bicyclic) bond motifs is 1. The molecule has 2 aromatic carbocycles. The van der Waals surface area contributed by atoms with Gasteiger partial charge in [0.05, 0.1) is 6.42 Å². The van der Waals surface area contributed by atoms with Crippen LogP contribution in [0.2, 0.25) is 0 Å². The molecule has 1 saturated heterocycles. The van der Waals surface area contributed by atoms with Crippen LogP contribution in [0, 0.1) is 5.92 Å². The van der Waals surface area contributed by atoms with E-state index in [1.807, 2.05) is 62.4 Å². The molecule has 4 rings (SSSR count). The van der Waals surface area contributed by atoms with Crippen LogP contribution in [0.4, 0.5) is 0 Å². The second-order valence-electron chi connectivity index (χ2n) is 8.97. The number of amides is 3. The van der Waals surface area contributed by atoms with Gasteiger partial charge in [0.25, 0.3) is 5.91 Å². The summed E-state index contributed by atoms with van der Waals surface area (Å²) in [6.07, 6.45) is -0.468. The quantitative estimate of drug-likeness (QED) is 0.704. The summed E-state index contributed by atoms with van der Waals surface area (Å²) in [5, 5.41) is 2.91. The number of rotatable bonds is 6. The van der Waals surface area contributed by atoms with Crippen LogP contribution in [0.25, 0.3) is 0 Å². The Morgan fingerprint density at radius 1 is 0.912 bits per heavy atom. The highest BCUT2D eigenvalue weighted by Crippen LogP contribution is 2.31. The minimum absolute atomic E-state index is 0.0558. The standard InChI is InChI=1S/C26H31N3O5/c1-18(2)24(27-23(30)16-19-8-4-3-5-9-19)26(32)29-14-12-28(13-15-29)25(31)22-17-33-20-10-6-7-11-21(20)34-22/h3-11,18,22,24H,12-17H2,1-2H3,(H,27,30)/t22-,24+/m0/s1. The van der Waals surface area contributed by atoms with Gasteiger partial charge in [-0.1, -0.05) is 56.3 Å². The van der Waals surface area contributed by atoms with Gasteiger partial charge in [-0.25, -0.2) is 0 Å². The van der Waals surface area contributed by atoms with Crippen LogP contribution in [0.5, 0.6) is 11.5 Å². The maximum absolute atomic E-state index is 13.2. The molecular formula is C26H31N3O5. The van der Waals surface area contributed by atoms with Crippen molar-refractivity contribution in [2.45, 2.75) is 32.4 Å². The lowest BCUT2D eigenvalue weighted by Gasteiger charge is -2.38. The van der Waals surface area contributed by atoms with Gasteiger partial charge >= 0.3 is 0 Å². The van der Waals surface area contributed by atoms with Crippen LogP contribution in [0.15, 0.2) is 54.6 Å². The van der Waals surface area contributed by atoms with Crippen molar-refractivity contribution in [3.8, 4) is 11.5 Å². The van der Waals surface area contributed by atoms with E-state index >= 15 is 0 Å². The molecule has 34 heavy (non-hydrogen) atoms. The average Bonchev–Trinajstić information content (AvgIpc) is 2.86. The van der Waals surface area contributed by atoms with E-state index in [9.17, 15) is 14.4 Å². The lowest BCUT2D eigenvalue weighted by Crippen LogP contribution is -2.59. The average molecular weight is 466 g/mol. The van der Waals surface area contributed by atoms with Crippen LogP contribution < -0.4 is 14.8 Å². The zero-order valence-corrected chi connectivity index (χ0v) is 19.6. The van der Waals surface area contributed by atoms with Gasteiger partial charge in [-0.15, -0.1) is 0 Å². The van der Waals surface area contributed by atoms with Crippen molar-refractivity contribution in [2.75, 3.05) is 32.8 Å². The predicted octanol–water partition coefficient (Wildman–Crippen LogP) is 1.88. The maximum Gasteiger partial charge on any atom is 0.267 e. The molecule has 3 amide bonds. The summed E-state index contributed by atoms with van der Waals surface area (Å²) in [7, 11) is 0. The van der Waals surface area contributed by atoms with Gasteiger partial charge in [-0.3, -0.25) is 14.4 Å². The zero-order chi connectivity index (χ0) is 24.1. The molecule has 2 aromatic rings. The number of carbonyl (C=O) groups excluding carboxylic acids is 3. The second kappa shape index (κ2) is 10.6. The fourth-order valence-electron chi connectivity index (χ4n) is 4.21. The molecule has 2 heterocycles. The smallest absolute Gasteiger partial charge is 0.267 e. The van der Waals surface area contributed by atoms with Gasteiger partial charge in [0.15, 0.2) is 11.5 Å². The van der Waals surface area contributed by atoms with Crippen molar-refractivity contribution < 1.29 is 23.9 Å². The van der Waals surface area contributed by atoms with E-state index in [-0.39, 0.29) is 36.7 Å². The Morgan fingerprint density at radius 2 is 1.53 bits per heavy atom. The summed E-state index contributed by atoms with van der Waals surface area (Å²) >= 11 is 0. The minimum Gasteiger partial charge on any atom is -0.485 e. The summed E-state index contributed by atoms with van der Waals surface area (Å²) in [6, 6.07) is 16.1. The van der Waals surface area contributed by atoms with Gasteiger partial charge in [-0.05, 0) is 23.6 Å². The number of nitrogens with zero attached hydrogens (tertiary/aromatic N) is 2. The molecule has 180 valence electrons. The van der Waals surface area contributed by atoms with Crippen LogP contribution in [0.3, 0.4) is 0 Å². The topological polar surface area (TPSA) is 88.2 Å². The van der Waals surface area contributed by atoms with Crippen LogP contribution in [0.1, 0.15) is 19.4 Å². The van der Waals surface area contributed by atoms with Crippen molar-refractivity contribution in [3.05, 3.63) is 60.2 Å². The van der Waals surface area contributed by atoms with Gasteiger partial charge in [0.1, 0.15) is 12.6 Å².